The van der Waals surface area contributed by atoms with Crippen LogP contribution in [0.1, 0.15) is 154 Å². The Kier molecular flexibility index (Phi) is 21.0. The highest BCUT2D eigenvalue weighted by Crippen LogP contribution is 2.90. The molecule has 0 amide bonds. The van der Waals surface area contributed by atoms with Crippen molar-refractivity contribution in [2.75, 3.05) is 0 Å². The molecule has 5 aliphatic carbocycles. The molecule has 2 nitrogen and oxygen atoms in total. The maximum atomic E-state index is 8.00. The number of allylic oxidation sites excluding steroid dienone is 2. The molecule has 2 heteroatoms. The van der Waals surface area contributed by atoms with Crippen molar-refractivity contribution in [2.45, 2.75) is 154 Å². The van der Waals surface area contributed by atoms with Gasteiger partial charge in [0.15, 0.2) is 0 Å². The minimum absolute atomic E-state index is 0.644. The predicted octanol–water partition coefficient (Wildman–Crippen LogP) is 13.0. The van der Waals surface area contributed by atoms with E-state index in [1.807, 2.05) is 53.9 Å². The Bertz CT molecular complexity index is 753. The van der Waals surface area contributed by atoms with Gasteiger partial charge in [-0.2, -0.15) is 0 Å². The van der Waals surface area contributed by atoms with Crippen LogP contribution in [0.2, 0.25) is 0 Å². The Morgan fingerprint density at radius 1 is 0.929 bits per heavy atom. The minimum atomic E-state index is 0.644. The molecule has 9 unspecified atom stereocenters. The molecule has 0 aromatic heterocycles. The first-order valence-electron chi connectivity index (χ1n) is 18.0. The number of hydrogen-bond acceptors (Lipinski definition) is 2. The molecule has 9 atom stereocenters. The van der Waals surface area contributed by atoms with Gasteiger partial charge in [0.1, 0.15) is 6.79 Å². The first kappa shape index (κ1) is 42.8. The number of carbonyl (C=O) groups excluding carboxylic acids is 1. The van der Waals surface area contributed by atoms with Gasteiger partial charge in [0.2, 0.25) is 0 Å². The van der Waals surface area contributed by atoms with Gasteiger partial charge in [0.05, 0.1) is 6.26 Å². The second kappa shape index (κ2) is 20.6. The molecule has 0 aromatic carbocycles. The fraction of sp³-hybridized carbons (Fsp3) is 0.825. The van der Waals surface area contributed by atoms with Crippen molar-refractivity contribution in [3.63, 3.8) is 0 Å². The van der Waals surface area contributed by atoms with E-state index in [9.17, 15) is 0 Å². The van der Waals surface area contributed by atoms with Crippen molar-refractivity contribution in [1.29, 1.82) is 0 Å². The number of aliphatic hydroxyl groups is 1. The maximum absolute atomic E-state index is 8.00. The van der Waals surface area contributed by atoms with Crippen LogP contribution in [0.15, 0.2) is 37.6 Å². The summed E-state index contributed by atoms with van der Waals surface area (Å²) in [6, 6.07) is 0. The lowest BCUT2D eigenvalue weighted by Crippen LogP contribution is -2.40. The van der Waals surface area contributed by atoms with Crippen LogP contribution in [0.4, 0.5) is 0 Å². The van der Waals surface area contributed by atoms with Gasteiger partial charge >= 0.3 is 0 Å². The van der Waals surface area contributed by atoms with Crippen molar-refractivity contribution >= 4 is 6.79 Å². The number of fused-ring (bicyclic) bond motifs is 1. The Morgan fingerprint density at radius 3 is 1.98 bits per heavy atom. The molecule has 0 radical (unpaired) electrons. The quantitative estimate of drug-likeness (QED) is 0.247. The van der Waals surface area contributed by atoms with Gasteiger partial charge in [-0.25, -0.2) is 0 Å². The molecule has 0 aliphatic heterocycles. The van der Waals surface area contributed by atoms with Crippen LogP contribution in [-0.4, -0.2) is 11.9 Å². The first-order valence-corrected chi connectivity index (χ1v) is 18.0. The second-order valence-electron chi connectivity index (χ2n) is 13.3. The van der Waals surface area contributed by atoms with Gasteiger partial charge in [0, 0.05) is 5.41 Å². The van der Waals surface area contributed by atoms with Crippen LogP contribution in [0.25, 0.3) is 0 Å². The van der Waals surface area contributed by atoms with Gasteiger partial charge < -0.3 is 9.90 Å². The molecule has 0 heterocycles. The Hall–Kier alpha value is -1.31. The zero-order chi connectivity index (χ0) is 33.3. The zero-order valence-corrected chi connectivity index (χ0v) is 30.7. The number of carbonyl (C=O) groups is 1. The van der Waals surface area contributed by atoms with E-state index in [-0.39, 0.29) is 0 Å². The molecule has 5 aliphatic rings. The SMILES string of the molecule is C=C.C=CO.C=O.CC.CC.CC.CCC(CCC(C)C1CCC2C1(C)CCC1C34CCC(C)CC3=CCC214)C(C)C. The third-order valence-electron chi connectivity index (χ3n) is 12.0. The summed E-state index contributed by atoms with van der Waals surface area (Å²) in [5.74, 6) is 6.79. The fourth-order valence-corrected chi connectivity index (χ4v) is 10.6. The van der Waals surface area contributed by atoms with Crippen LogP contribution in [0.5, 0.6) is 0 Å². The molecule has 0 bridgehead atoms. The second-order valence-corrected chi connectivity index (χ2v) is 13.3. The summed E-state index contributed by atoms with van der Waals surface area (Å²) < 4.78 is 0. The fourth-order valence-electron chi connectivity index (χ4n) is 10.6. The van der Waals surface area contributed by atoms with Crippen LogP contribution in [-0.2, 0) is 4.79 Å². The number of hydrogen-bond donors (Lipinski definition) is 1. The highest BCUT2D eigenvalue weighted by molar-refractivity contribution is 5.46. The normalized spacial score (nSPS) is 35.2. The summed E-state index contributed by atoms with van der Waals surface area (Å²) in [5.41, 5.74) is 4.02. The monoisotopic (exact) mass is 589 g/mol. The molecule has 1 N–H and O–H groups in total. The van der Waals surface area contributed by atoms with Crippen molar-refractivity contribution in [3.8, 4) is 0 Å². The topological polar surface area (TPSA) is 37.3 Å². The molecule has 5 rings (SSSR count). The molecule has 248 valence electrons. The lowest BCUT2D eigenvalue weighted by molar-refractivity contribution is -0.0980. The molecule has 0 aromatic rings. The first-order chi connectivity index (χ1) is 20.2. The van der Waals surface area contributed by atoms with E-state index in [0.29, 0.717) is 10.8 Å². The zero-order valence-electron chi connectivity index (χ0n) is 30.7. The molecule has 4 fully saturated rings. The van der Waals surface area contributed by atoms with E-state index in [1.54, 1.807) is 25.7 Å². The summed E-state index contributed by atoms with van der Waals surface area (Å²) in [7, 11) is 0. The van der Waals surface area contributed by atoms with Gasteiger partial charge in [-0.05, 0) is 110 Å². The lowest BCUT2D eigenvalue weighted by Gasteiger charge is -2.47. The maximum Gasteiger partial charge on any atom is 0.106 e. The Balaban J connectivity index is 0. The third-order valence-corrected chi connectivity index (χ3v) is 12.0. The molecule has 4 saturated carbocycles. The van der Waals surface area contributed by atoms with Gasteiger partial charge in [-0.1, -0.05) is 114 Å². The summed E-state index contributed by atoms with van der Waals surface area (Å²) in [6.45, 7) is 38.1. The van der Waals surface area contributed by atoms with E-state index < -0.39 is 0 Å². The van der Waals surface area contributed by atoms with Crippen LogP contribution < -0.4 is 0 Å². The lowest BCUT2D eigenvalue weighted by atomic mass is 9.57. The molecule has 2 spiro atoms. The Morgan fingerprint density at radius 2 is 1.48 bits per heavy atom. The summed E-state index contributed by atoms with van der Waals surface area (Å²) in [5, 5.41) is 7.33. The minimum Gasteiger partial charge on any atom is -0.516 e. The van der Waals surface area contributed by atoms with E-state index >= 15 is 0 Å². The molecular weight excluding hydrogens is 512 g/mol. The van der Waals surface area contributed by atoms with E-state index in [0.717, 1.165) is 53.1 Å². The highest BCUT2D eigenvalue weighted by atomic mass is 16.2. The van der Waals surface area contributed by atoms with E-state index in [4.69, 9.17) is 9.90 Å². The summed E-state index contributed by atoms with van der Waals surface area (Å²) in [6.07, 6.45) is 20.0. The van der Waals surface area contributed by atoms with Crippen LogP contribution in [0.3, 0.4) is 0 Å². The van der Waals surface area contributed by atoms with Crippen molar-refractivity contribution in [1.82, 2.24) is 0 Å². The Labute approximate surface area is 265 Å². The van der Waals surface area contributed by atoms with Gasteiger partial charge in [-0.15, -0.1) is 13.2 Å². The standard InChI is InChI=1S/C29H48.C2H4O.3C2H6.C2H4.CH2O/c1-7-22(19(2)3)9-8-21(5)24-10-11-25-27(24,6)15-14-26-28-16-12-20(4)18-23(28)13-17-29(25,26)28;1-2-3;5*1-2/h13,19-22,24-26H,7-12,14-18H2,1-6H3;2-3H,1H2;3*1-2H3;1-2H2;1H2. The molecule has 42 heavy (non-hydrogen) atoms. The van der Waals surface area contributed by atoms with E-state index in [2.05, 4.69) is 67.4 Å². The van der Waals surface area contributed by atoms with Crippen molar-refractivity contribution in [3.05, 3.63) is 37.6 Å². The number of rotatable bonds is 6. The highest BCUT2D eigenvalue weighted by Gasteiger charge is 2.84. The largest absolute Gasteiger partial charge is 0.516 e. The smallest absolute Gasteiger partial charge is 0.106 e. The average Bonchev–Trinajstić information content (AvgIpc) is 3.22. The van der Waals surface area contributed by atoms with Crippen LogP contribution >= 0.6 is 0 Å². The predicted molar refractivity (Wildman–Crippen MR) is 190 cm³/mol. The van der Waals surface area contributed by atoms with E-state index in [1.165, 1.54) is 44.9 Å². The molecular formula is C40H76O2. The van der Waals surface area contributed by atoms with Crippen molar-refractivity contribution < 1.29 is 9.90 Å². The van der Waals surface area contributed by atoms with Crippen molar-refractivity contribution in [2.24, 2.45) is 57.7 Å². The third kappa shape index (κ3) is 7.85. The van der Waals surface area contributed by atoms with Crippen LogP contribution in [0, 0.1) is 57.7 Å². The van der Waals surface area contributed by atoms with Gasteiger partial charge in [0.25, 0.3) is 0 Å². The molecule has 0 saturated heterocycles. The summed E-state index contributed by atoms with van der Waals surface area (Å²) >= 11 is 0. The summed E-state index contributed by atoms with van der Waals surface area (Å²) in [4.78, 5) is 8.00. The van der Waals surface area contributed by atoms with Gasteiger partial charge in [-0.3, -0.25) is 0 Å². The average molecular weight is 589 g/mol. The number of aliphatic hydroxyl groups excluding tert-OH is 1.